The molecule has 9 nitrogen and oxygen atoms in total. The highest BCUT2D eigenvalue weighted by Gasteiger charge is 2.13. The Kier molecular flexibility index (Phi) is 5.38. The second kappa shape index (κ2) is 7.70. The second-order valence-corrected chi connectivity index (χ2v) is 6.41. The number of hydrogen-bond donors (Lipinski definition) is 0. The molecule has 0 aliphatic rings. The van der Waals surface area contributed by atoms with E-state index in [1.807, 2.05) is 0 Å². The van der Waals surface area contributed by atoms with E-state index in [-0.39, 0.29) is 17.3 Å². The summed E-state index contributed by atoms with van der Waals surface area (Å²) in [4.78, 5) is 10.1. The number of aromatic nitrogens is 5. The molecule has 0 aliphatic carbocycles. The predicted octanol–water partition coefficient (Wildman–Crippen LogP) is 3.04. The molecule has 0 unspecified atom stereocenters. The molecule has 0 amide bonds. The van der Waals surface area contributed by atoms with E-state index in [2.05, 4.69) is 15.3 Å². The Labute approximate surface area is 155 Å². The molecule has 3 rings (SSSR count). The van der Waals surface area contributed by atoms with E-state index in [9.17, 15) is 14.5 Å². The van der Waals surface area contributed by atoms with Gasteiger partial charge in [0.25, 0.3) is 0 Å². The molecule has 12 heteroatoms. The van der Waals surface area contributed by atoms with Crippen molar-refractivity contribution >= 4 is 29.1 Å². The second-order valence-electron chi connectivity index (χ2n) is 5.09. The molecular weight excluding hydrogens is 387 g/mol. The van der Waals surface area contributed by atoms with Gasteiger partial charge < -0.3 is 9.30 Å². The number of halogens is 2. The van der Waals surface area contributed by atoms with Crippen LogP contribution in [0.15, 0.2) is 35.7 Å². The number of nitrogens with zero attached hydrogens (tertiary/aromatic N) is 6. The minimum atomic E-state index is -0.507. The minimum absolute atomic E-state index is 0.0752. The first kappa shape index (κ1) is 18.1. The summed E-state index contributed by atoms with van der Waals surface area (Å²) >= 11 is 7.22. The molecule has 0 saturated heterocycles. The van der Waals surface area contributed by atoms with Crippen LogP contribution in [0.4, 0.5) is 10.1 Å². The smallest absolute Gasteiger partial charge is 0.307 e. The zero-order chi connectivity index (χ0) is 18.7. The largest absolute Gasteiger partial charge is 0.484 e. The fraction of sp³-hybridized carbons (Fsp3) is 0.214. The van der Waals surface area contributed by atoms with Crippen LogP contribution < -0.4 is 4.74 Å². The lowest BCUT2D eigenvalue weighted by atomic mass is 10.3. The van der Waals surface area contributed by atoms with Crippen LogP contribution in [0, 0.1) is 15.9 Å². The van der Waals surface area contributed by atoms with Crippen LogP contribution in [0.3, 0.4) is 0 Å². The molecule has 0 saturated carbocycles. The average Bonchev–Trinajstić information content (AvgIpc) is 3.20. The zero-order valence-electron chi connectivity index (χ0n) is 13.4. The number of benzene rings is 1. The van der Waals surface area contributed by atoms with E-state index in [0.717, 1.165) is 6.07 Å². The average molecular weight is 399 g/mol. The molecule has 3 aromatic rings. The molecule has 0 bridgehead atoms. The summed E-state index contributed by atoms with van der Waals surface area (Å²) in [6, 6.07) is 3.86. The number of hydrogen-bond acceptors (Lipinski definition) is 7. The molecule has 0 atom stereocenters. The van der Waals surface area contributed by atoms with Crippen molar-refractivity contribution in [3.05, 3.63) is 57.4 Å². The van der Waals surface area contributed by atoms with E-state index in [0.29, 0.717) is 22.6 Å². The van der Waals surface area contributed by atoms with E-state index in [1.54, 1.807) is 11.6 Å². The third-order valence-corrected chi connectivity index (χ3v) is 4.63. The molecule has 136 valence electrons. The van der Waals surface area contributed by atoms with Gasteiger partial charge >= 0.3 is 5.69 Å². The fourth-order valence-electron chi connectivity index (χ4n) is 1.97. The van der Waals surface area contributed by atoms with Gasteiger partial charge in [0.2, 0.25) is 0 Å². The van der Waals surface area contributed by atoms with Crippen LogP contribution in [-0.2, 0) is 19.5 Å². The maximum absolute atomic E-state index is 13.0. The molecule has 2 heterocycles. The van der Waals surface area contributed by atoms with Gasteiger partial charge in [0.05, 0.1) is 15.8 Å². The molecule has 1 aromatic carbocycles. The van der Waals surface area contributed by atoms with Crippen molar-refractivity contribution in [1.82, 2.24) is 24.5 Å². The monoisotopic (exact) mass is 398 g/mol. The minimum Gasteiger partial charge on any atom is -0.484 e. The van der Waals surface area contributed by atoms with Crippen LogP contribution in [0.1, 0.15) is 5.82 Å². The molecule has 0 fully saturated rings. The first-order chi connectivity index (χ1) is 12.4. The lowest BCUT2D eigenvalue weighted by Gasteiger charge is -2.08. The van der Waals surface area contributed by atoms with Gasteiger partial charge in [-0.2, -0.15) is 5.10 Å². The fourth-order valence-corrected chi connectivity index (χ4v) is 2.98. The van der Waals surface area contributed by atoms with Crippen molar-refractivity contribution in [2.24, 2.45) is 7.05 Å². The Bertz CT molecular complexity index is 947. The number of nitro groups is 1. The molecule has 0 N–H and O–H groups in total. The maximum atomic E-state index is 13.0. The van der Waals surface area contributed by atoms with Gasteiger partial charge in [0.15, 0.2) is 11.0 Å². The molecule has 26 heavy (non-hydrogen) atoms. The third kappa shape index (κ3) is 4.11. The molecule has 0 spiro atoms. The molecule has 2 aromatic heterocycles. The lowest BCUT2D eigenvalue weighted by molar-refractivity contribution is -0.385. The van der Waals surface area contributed by atoms with Crippen LogP contribution in [0.5, 0.6) is 5.75 Å². The quantitative estimate of drug-likeness (QED) is 0.342. The Hall–Kier alpha value is -2.66. The molecule has 0 aliphatic heterocycles. The SMILES string of the molecule is Cn1c(COc2ccc(F)cc2Cl)nnc1SCn1cc([N+](=O)[O-])cn1. The lowest BCUT2D eigenvalue weighted by Crippen LogP contribution is -2.05. The van der Waals surface area contributed by atoms with Gasteiger partial charge in [-0.1, -0.05) is 23.4 Å². The predicted molar refractivity (Wildman–Crippen MR) is 91.5 cm³/mol. The summed E-state index contributed by atoms with van der Waals surface area (Å²) in [5, 5.41) is 23.4. The summed E-state index contributed by atoms with van der Waals surface area (Å²) in [7, 11) is 1.76. The zero-order valence-corrected chi connectivity index (χ0v) is 14.9. The molecular formula is C14H12ClFN6O3S. The third-order valence-electron chi connectivity index (χ3n) is 3.33. The Balaban J connectivity index is 1.61. The summed E-state index contributed by atoms with van der Waals surface area (Å²) < 4.78 is 21.7. The van der Waals surface area contributed by atoms with Crippen LogP contribution in [0.2, 0.25) is 5.02 Å². The van der Waals surface area contributed by atoms with Gasteiger partial charge in [0, 0.05) is 7.05 Å². The van der Waals surface area contributed by atoms with Crippen molar-refractivity contribution in [3.63, 3.8) is 0 Å². The van der Waals surface area contributed by atoms with Crippen molar-refractivity contribution in [3.8, 4) is 5.75 Å². The van der Waals surface area contributed by atoms with Crippen LogP contribution in [0.25, 0.3) is 0 Å². The first-order valence-electron chi connectivity index (χ1n) is 7.20. The summed E-state index contributed by atoms with van der Waals surface area (Å²) in [6.45, 7) is 0.0999. The number of ether oxygens (including phenoxy) is 1. The van der Waals surface area contributed by atoms with Crippen LogP contribution in [-0.4, -0.2) is 29.5 Å². The Morgan fingerprint density at radius 3 is 2.92 bits per heavy atom. The van der Waals surface area contributed by atoms with Gasteiger partial charge in [-0.05, 0) is 18.2 Å². The highest BCUT2D eigenvalue weighted by atomic mass is 35.5. The van der Waals surface area contributed by atoms with Gasteiger partial charge in [0.1, 0.15) is 30.6 Å². The van der Waals surface area contributed by atoms with E-state index in [4.69, 9.17) is 16.3 Å². The Morgan fingerprint density at radius 2 is 2.23 bits per heavy atom. The van der Waals surface area contributed by atoms with E-state index >= 15 is 0 Å². The van der Waals surface area contributed by atoms with Gasteiger partial charge in [-0.3, -0.25) is 14.8 Å². The van der Waals surface area contributed by atoms with Crippen molar-refractivity contribution in [1.29, 1.82) is 0 Å². The normalized spacial score (nSPS) is 10.9. The number of rotatable bonds is 7. The van der Waals surface area contributed by atoms with E-state index in [1.165, 1.54) is 41.0 Å². The highest BCUT2D eigenvalue weighted by Crippen LogP contribution is 2.26. The standard InChI is InChI=1S/C14H12ClFN6O3S/c1-20-13(7-25-12-3-2-9(16)4-11(12)15)18-19-14(20)26-8-21-6-10(5-17-21)22(23)24/h2-6H,7-8H2,1H3. The van der Waals surface area contributed by atoms with E-state index < -0.39 is 10.7 Å². The summed E-state index contributed by atoms with van der Waals surface area (Å²) in [6.07, 6.45) is 2.52. The van der Waals surface area contributed by atoms with Crippen molar-refractivity contribution in [2.45, 2.75) is 17.6 Å². The topological polar surface area (TPSA) is 101 Å². The van der Waals surface area contributed by atoms with Gasteiger partial charge in [-0.15, -0.1) is 10.2 Å². The summed E-state index contributed by atoms with van der Waals surface area (Å²) in [5.41, 5.74) is -0.0752. The number of thioether (sulfide) groups is 1. The molecule has 0 radical (unpaired) electrons. The van der Waals surface area contributed by atoms with Gasteiger partial charge in [-0.25, -0.2) is 4.39 Å². The summed E-state index contributed by atoms with van der Waals surface area (Å²) in [5.74, 6) is 0.775. The first-order valence-corrected chi connectivity index (χ1v) is 8.56. The maximum Gasteiger partial charge on any atom is 0.307 e. The van der Waals surface area contributed by atoms with Crippen LogP contribution >= 0.6 is 23.4 Å². The highest BCUT2D eigenvalue weighted by molar-refractivity contribution is 7.98. The van der Waals surface area contributed by atoms with Crippen molar-refractivity contribution < 1.29 is 14.1 Å². The Morgan fingerprint density at radius 1 is 1.42 bits per heavy atom. The van der Waals surface area contributed by atoms with Crippen molar-refractivity contribution in [2.75, 3.05) is 0 Å².